The van der Waals surface area contributed by atoms with E-state index >= 15 is 0 Å². The third kappa shape index (κ3) is 4.09. The molecule has 3 atom stereocenters. The van der Waals surface area contributed by atoms with Gasteiger partial charge in [-0.25, -0.2) is 0 Å². The lowest BCUT2D eigenvalue weighted by atomic mass is 10.1. The maximum Gasteiger partial charge on any atom is 0.254 e. The minimum Gasteiger partial charge on any atom is -0.388 e. The molecule has 3 N–H and O–H groups in total. The number of nitrogens with one attached hydrogen (secondary N) is 1. The van der Waals surface area contributed by atoms with Gasteiger partial charge in [0.2, 0.25) is 5.91 Å². The molecule has 2 amide bonds. The molecule has 23 heavy (non-hydrogen) atoms. The first-order valence-corrected chi connectivity index (χ1v) is 8.06. The SMILES string of the molecule is CCCCCNC(=O)C1[C@H](O)[C@@H](O)CN1C(=O)c1ccccc1. The van der Waals surface area contributed by atoms with E-state index in [4.69, 9.17) is 0 Å². The predicted octanol–water partition coefficient (Wildman–Crippen LogP) is 0.539. The molecule has 1 heterocycles. The lowest BCUT2D eigenvalue weighted by molar-refractivity contribution is -0.127. The van der Waals surface area contributed by atoms with Gasteiger partial charge in [-0.1, -0.05) is 38.0 Å². The number of amides is 2. The van der Waals surface area contributed by atoms with Gasteiger partial charge in [0.05, 0.1) is 6.54 Å². The topological polar surface area (TPSA) is 89.9 Å². The van der Waals surface area contributed by atoms with Gasteiger partial charge in [0, 0.05) is 12.1 Å². The van der Waals surface area contributed by atoms with Crippen LogP contribution in [0.5, 0.6) is 0 Å². The Hall–Kier alpha value is -1.92. The molecule has 0 spiro atoms. The fraction of sp³-hybridized carbons (Fsp3) is 0.529. The van der Waals surface area contributed by atoms with E-state index in [0.29, 0.717) is 12.1 Å². The molecule has 0 bridgehead atoms. The molecule has 126 valence electrons. The lowest BCUT2D eigenvalue weighted by Crippen LogP contribution is -2.50. The van der Waals surface area contributed by atoms with Crippen molar-refractivity contribution in [3.63, 3.8) is 0 Å². The minimum atomic E-state index is -1.27. The molecule has 1 aliphatic rings. The zero-order valence-electron chi connectivity index (χ0n) is 13.3. The summed E-state index contributed by atoms with van der Waals surface area (Å²) in [6, 6.07) is 7.50. The summed E-state index contributed by atoms with van der Waals surface area (Å²) in [5.74, 6) is -0.788. The Morgan fingerprint density at radius 2 is 1.91 bits per heavy atom. The average molecular weight is 320 g/mol. The number of benzene rings is 1. The summed E-state index contributed by atoms with van der Waals surface area (Å²) in [4.78, 5) is 26.1. The van der Waals surface area contributed by atoms with Crippen molar-refractivity contribution >= 4 is 11.8 Å². The van der Waals surface area contributed by atoms with Crippen LogP contribution in [0.15, 0.2) is 30.3 Å². The molecule has 0 aromatic heterocycles. The highest BCUT2D eigenvalue weighted by Crippen LogP contribution is 2.21. The van der Waals surface area contributed by atoms with Crippen molar-refractivity contribution in [2.24, 2.45) is 0 Å². The van der Waals surface area contributed by atoms with E-state index in [0.717, 1.165) is 19.3 Å². The van der Waals surface area contributed by atoms with Gasteiger partial charge in [-0.05, 0) is 18.6 Å². The quantitative estimate of drug-likeness (QED) is 0.667. The molecule has 1 unspecified atom stereocenters. The highest BCUT2D eigenvalue weighted by molar-refractivity contribution is 5.98. The molecule has 1 aromatic rings. The number of nitrogens with zero attached hydrogens (tertiary/aromatic N) is 1. The standard InChI is InChI=1S/C17H24N2O4/c1-2-3-7-10-18-16(22)14-15(21)13(20)11-19(14)17(23)12-8-5-4-6-9-12/h4-6,8-9,13-15,20-21H,2-3,7,10-11H2,1H3,(H,18,22)/t13-,14?,15+/m0/s1. The number of rotatable bonds is 6. The number of β-amino-alcohol motifs (C(OH)–C–C–N with tert-alkyl or cyclic N) is 1. The number of aliphatic hydroxyl groups excluding tert-OH is 2. The summed E-state index contributed by atoms with van der Waals surface area (Å²) >= 11 is 0. The summed E-state index contributed by atoms with van der Waals surface area (Å²) < 4.78 is 0. The van der Waals surface area contributed by atoms with E-state index < -0.39 is 24.2 Å². The van der Waals surface area contributed by atoms with Gasteiger partial charge in [-0.15, -0.1) is 0 Å². The molecule has 1 aromatic carbocycles. The number of hydrogen-bond acceptors (Lipinski definition) is 4. The largest absolute Gasteiger partial charge is 0.388 e. The van der Waals surface area contributed by atoms with E-state index in [-0.39, 0.29) is 12.5 Å². The first-order valence-electron chi connectivity index (χ1n) is 8.06. The van der Waals surface area contributed by atoms with Crippen LogP contribution in [0.4, 0.5) is 0 Å². The summed E-state index contributed by atoms with van der Waals surface area (Å²) in [5, 5.41) is 22.7. The van der Waals surface area contributed by atoms with Crippen molar-refractivity contribution in [2.45, 2.75) is 44.4 Å². The molecule has 0 radical (unpaired) electrons. The number of carbonyl (C=O) groups excluding carboxylic acids is 2. The number of unbranched alkanes of at least 4 members (excludes halogenated alkanes) is 2. The van der Waals surface area contributed by atoms with Crippen LogP contribution in [0, 0.1) is 0 Å². The maximum absolute atomic E-state index is 12.6. The number of likely N-dealkylation sites (tertiary alicyclic amines) is 1. The van der Waals surface area contributed by atoms with E-state index in [2.05, 4.69) is 12.2 Å². The normalized spacial score (nSPS) is 23.8. The first-order chi connectivity index (χ1) is 11.1. The molecule has 1 saturated heterocycles. The van der Waals surface area contributed by atoms with Crippen LogP contribution in [-0.2, 0) is 4.79 Å². The van der Waals surface area contributed by atoms with Crippen LogP contribution in [0.2, 0.25) is 0 Å². The first kappa shape index (κ1) is 17.4. The van der Waals surface area contributed by atoms with Gasteiger partial charge in [-0.3, -0.25) is 9.59 Å². The van der Waals surface area contributed by atoms with Crippen molar-refractivity contribution in [2.75, 3.05) is 13.1 Å². The lowest BCUT2D eigenvalue weighted by Gasteiger charge is -2.25. The summed E-state index contributed by atoms with van der Waals surface area (Å²) in [7, 11) is 0. The van der Waals surface area contributed by atoms with Crippen LogP contribution < -0.4 is 5.32 Å². The smallest absolute Gasteiger partial charge is 0.254 e. The van der Waals surface area contributed by atoms with Gasteiger partial charge in [0.1, 0.15) is 18.2 Å². The Labute approximate surface area is 136 Å². The fourth-order valence-electron chi connectivity index (χ4n) is 2.76. The monoisotopic (exact) mass is 320 g/mol. The number of hydrogen-bond donors (Lipinski definition) is 3. The van der Waals surface area contributed by atoms with E-state index in [1.165, 1.54) is 4.90 Å². The molecule has 1 aliphatic heterocycles. The highest BCUT2D eigenvalue weighted by Gasteiger charge is 2.46. The van der Waals surface area contributed by atoms with E-state index in [9.17, 15) is 19.8 Å². The Morgan fingerprint density at radius 3 is 2.57 bits per heavy atom. The molecule has 0 aliphatic carbocycles. The van der Waals surface area contributed by atoms with Gasteiger partial charge in [-0.2, -0.15) is 0 Å². The molecule has 1 fully saturated rings. The second kappa shape index (κ2) is 8.08. The summed E-state index contributed by atoms with van der Waals surface area (Å²) in [5.41, 5.74) is 0.428. The second-order valence-electron chi connectivity index (χ2n) is 5.82. The van der Waals surface area contributed by atoms with Gasteiger partial charge in [0.25, 0.3) is 5.91 Å². The van der Waals surface area contributed by atoms with Gasteiger partial charge in [0.15, 0.2) is 0 Å². The van der Waals surface area contributed by atoms with E-state index in [1.807, 2.05) is 0 Å². The van der Waals surface area contributed by atoms with Crippen LogP contribution in [0.1, 0.15) is 36.5 Å². The minimum absolute atomic E-state index is 0.0536. The Bertz CT molecular complexity index is 535. The van der Waals surface area contributed by atoms with Crippen molar-refractivity contribution in [3.8, 4) is 0 Å². The van der Waals surface area contributed by atoms with Crippen LogP contribution in [0.3, 0.4) is 0 Å². The van der Waals surface area contributed by atoms with Crippen molar-refractivity contribution in [1.82, 2.24) is 10.2 Å². The third-order valence-corrected chi connectivity index (χ3v) is 4.07. The molecule has 6 heteroatoms. The fourth-order valence-corrected chi connectivity index (χ4v) is 2.76. The van der Waals surface area contributed by atoms with Gasteiger partial charge >= 0.3 is 0 Å². The zero-order chi connectivity index (χ0) is 16.8. The molecular formula is C17H24N2O4. The van der Waals surface area contributed by atoms with Crippen molar-refractivity contribution in [3.05, 3.63) is 35.9 Å². The molecule has 2 rings (SSSR count). The van der Waals surface area contributed by atoms with E-state index in [1.54, 1.807) is 30.3 Å². The van der Waals surface area contributed by atoms with Crippen molar-refractivity contribution < 1.29 is 19.8 Å². The highest BCUT2D eigenvalue weighted by atomic mass is 16.3. The second-order valence-corrected chi connectivity index (χ2v) is 5.82. The van der Waals surface area contributed by atoms with Gasteiger partial charge < -0.3 is 20.4 Å². The molecule has 0 saturated carbocycles. The molecular weight excluding hydrogens is 296 g/mol. The number of aliphatic hydroxyl groups is 2. The maximum atomic E-state index is 12.6. The van der Waals surface area contributed by atoms with Crippen LogP contribution in [0.25, 0.3) is 0 Å². The average Bonchev–Trinajstić information content (AvgIpc) is 2.87. The van der Waals surface area contributed by atoms with Crippen LogP contribution in [-0.4, -0.2) is 58.3 Å². The molecule has 6 nitrogen and oxygen atoms in total. The summed E-state index contributed by atoms with van der Waals surface area (Å²) in [6.45, 7) is 2.51. The predicted molar refractivity (Wildman–Crippen MR) is 85.8 cm³/mol. The Kier molecular flexibility index (Phi) is 6.12. The zero-order valence-corrected chi connectivity index (χ0v) is 13.3. The Balaban J connectivity index is 2.08. The van der Waals surface area contributed by atoms with Crippen LogP contribution >= 0.6 is 0 Å². The Morgan fingerprint density at radius 1 is 1.22 bits per heavy atom. The third-order valence-electron chi connectivity index (χ3n) is 4.07. The number of carbonyl (C=O) groups is 2. The summed E-state index contributed by atoms with van der Waals surface area (Å²) in [6.07, 6.45) is 0.505. The van der Waals surface area contributed by atoms with Crippen molar-refractivity contribution in [1.29, 1.82) is 0 Å².